The first-order chi connectivity index (χ1) is 3.56. The number of hydrogen-bond acceptors (Lipinski definition) is 5. The van der Waals surface area contributed by atoms with Crippen molar-refractivity contribution in [1.29, 1.82) is 0 Å². The first-order valence-corrected chi connectivity index (χ1v) is 3.39. The molecule has 0 unspecified atom stereocenters. The van der Waals surface area contributed by atoms with E-state index in [0.29, 0.717) is 0 Å². The monoisotopic (exact) mass is 246 g/mol. The molecule has 1 radical (unpaired) electrons. The minimum absolute atomic E-state index is 0. The summed E-state index contributed by atoms with van der Waals surface area (Å²) in [5.41, 5.74) is 4.81. The van der Waals surface area contributed by atoms with Gasteiger partial charge in [-0.2, -0.15) is 0 Å². The second-order valence-corrected chi connectivity index (χ2v) is 2.22. The molecule has 0 aliphatic heterocycles. The number of nitrogens with two attached hydrogens (primary N) is 1. The molecule has 9 heavy (non-hydrogen) atoms. The van der Waals surface area contributed by atoms with Gasteiger partial charge in [-0.25, -0.2) is 0 Å². The van der Waals surface area contributed by atoms with Gasteiger partial charge < -0.3 is 24.6 Å². The molecule has 0 amide bonds. The molecule has 7 heteroatoms. The summed E-state index contributed by atoms with van der Waals surface area (Å²) in [6.45, 7) is -0.196. The molecule has 0 saturated heterocycles. The predicted octanol–water partition coefficient (Wildman–Crippen LogP) is -2.21. The fourth-order valence-electron chi connectivity index (χ4n) is 0.165. The second kappa shape index (κ2) is 5.58. The summed E-state index contributed by atoms with van der Waals surface area (Å²) in [6.07, 6.45) is 0. The van der Waals surface area contributed by atoms with Gasteiger partial charge in [0.2, 0.25) is 0 Å². The van der Waals surface area contributed by atoms with Crippen molar-refractivity contribution < 1.29 is 41.3 Å². The number of hydrogen-bond donors (Lipinski definition) is 1. The molecule has 0 saturated carbocycles. The predicted molar refractivity (Wildman–Crippen MR) is 22.6 cm³/mol. The van der Waals surface area contributed by atoms with Crippen LogP contribution < -0.4 is 15.5 Å². The van der Waals surface area contributed by atoms with Crippen LogP contribution in [0.5, 0.6) is 0 Å². The molecule has 0 aromatic rings. The number of phosphoric ester groups is 1. The summed E-state index contributed by atoms with van der Waals surface area (Å²) >= 11 is 0. The summed E-state index contributed by atoms with van der Waals surface area (Å²) < 4.78 is 13.3. The van der Waals surface area contributed by atoms with E-state index in [2.05, 4.69) is 4.52 Å². The summed E-state index contributed by atoms with van der Waals surface area (Å²) in [5, 5.41) is 0. The van der Waals surface area contributed by atoms with Crippen molar-refractivity contribution in [1.82, 2.24) is 0 Å². The Morgan fingerprint density at radius 1 is 1.56 bits per heavy atom. The largest absolute Gasteiger partial charge is 0.790 e. The van der Waals surface area contributed by atoms with Gasteiger partial charge in [0.25, 0.3) is 0 Å². The van der Waals surface area contributed by atoms with E-state index < -0.39 is 7.82 Å². The Morgan fingerprint density at radius 2 is 2.00 bits per heavy atom. The summed E-state index contributed by atoms with van der Waals surface area (Å²) in [7, 11) is -4.76. The van der Waals surface area contributed by atoms with Gasteiger partial charge in [0.15, 0.2) is 0 Å². The van der Waals surface area contributed by atoms with E-state index in [1.54, 1.807) is 0 Å². The third kappa shape index (κ3) is 12.1. The molecule has 2 N–H and O–H groups in total. The Morgan fingerprint density at radius 3 is 2.11 bits per heavy atom. The molecule has 0 heterocycles. The molecule has 0 aliphatic carbocycles. The fraction of sp³-hybridized carbons (Fsp3) is 1.00. The Labute approximate surface area is 68.3 Å². The Balaban J connectivity index is 0. The molecule has 0 aliphatic rings. The quantitative estimate of drug-likeness (QED) is 0.450. The van der Waals surface area contributed by atoms with E-state index in [-0.39, 0.29) is 35.5 Å². The van der Waals surface area contributed by atoms with Crippen LogP contribution in [0.15, 0.2) is 0 Å². The van der Waals surface area contributed by atoms with E-state index in [4.69, 9.17) is 5.73 Å². The van der Waals surface area contributed by atoms with Crippen molar-refractivity contribution in [3.63, 3.8) is 0 Å². The normalized spacial score (nSPS) is 10.6. The van der Waals surface area contributed by atoms with Gasteiger partial charge in [0, 0.05) is 28.9 Å². The van der Waals surface area contributed by atoms with E-state index in [1.165, 1.54) is 0 Å². The Kier molecular flexibility index (Phi) is 7.75. The number of rotatable bonds is 3. The van der Waals surface area contributed by atoms with Gasteiger partial charge in [0.05, 0.1) is 14.4 Å². The number of phosphoric acid groups is 1. The van der Waals surface area contributed by atoms with Crippen LogP contribution in [0.25, 0.3) is 0 Å². The van der Waals surface area contributed by atoms with Gasteiger partial charge in [-0.05, 0) is 0 Å². The zero-order chi connectivity index (χ0) is 6.62. The zero-order valence-electron chi connectivity index (χ0n) is 4.37. The van der Waals surface area contributed by atoms with Crippen LogP contribution in [-0.4, -0.2) is 13.2 Å². The molecule has 0 spiro atoms. The van der Waals surface area contributed by atoms with Crippen LogP contribution >= 0.6 is 7.82 Å². The maximum absolute atomic E-state index is 9.58. The SMILES string of the molecule is NCCOP(=O)([O-])[O-].[Ag]. The average molecular weight is 247 g/mol. The third-order valence-electron chi connectivity index (χ3n) is 0.367. The maximum atomic E-state index is 9.58. The molecule has 5 nitrogen and oxygen atoms in total. The molecule has 0 aromatic heterocycles. The molecule has 0 fully saturated rings. The van der Waals surface area contributed by atoms with Crippen LogP contribution in [0.3, 0.4) is 0 Å². The standard InChI is InChI=1S/C2H8NO4P.Ag/c3-1-2-7-8(4,5)6;/h1-3H2,(H2,4,5,6);/p-2. The second-order valence-electron chi connectivity index (χ2n) is 1.07. The first kappa shape index (κ1) is 12.5. The molecule has 0 rings (SSSR count). The van der Waals surface area contributed by atoms with Crippen molar-refractivity contribution in [2.45, 2.75) is 0 Å². The van der Waals surface area contributed by atoms with Crippen molar-refractivity contribution in [2.75, 3.05) is 13.2 Å². The van der Waals surface area contributed by atoms with Crippen molar-refractivity contribution in [3.05, 3.63) is 0 Å². The Bertz CT molecular complexity index is 103. The van der Waals surface area contributed by atoms with Gasteiger partial charge in [0.1, 0.15) is 0 Å². The minimum atomic E-state index is -4.76. The molecular weight excluding hydrogens is 241 g/mol. The molecular formula is C2H6AgNO4P-2. The van der Waals surface area contributed by atoms with E-state index in [0.717, 1.165) is 0 Å². The van der Waals surface area contributed by atoms with E-state index in [1.807, 2.05) is 0 Å². The van der Waals surface area contributed by atoms with Gasteiger partial charge >= 0.3 is 0 Å². The smallest absolute Gasteiger partial charge is 0.0641 e. The van der Waals surface area contributed by atoms with Crippen molar-refractivity contribution in [2.24, 2.45) is 5.73 Å². The van der Waals surface area contributed by atoms with Crippen LogP contribution in [-0.2, 0) is 31.5 Å². The van der Waals surface area contributed by atoms with Crippen LogP contribution in [0.2, 0.25) is 0 Å². The molecule has 0 aromatic carbocycles. The van der Waals surface area contributed by atoms with Gasteiger partial charge in [-0.1, -0.05) is 0 Å². The van der Waals surface area contributed by atoms with Crippen LogP contribution in [0.4, 0.5) is 0 Å². The van der Waals surface area contributed by atoms with Gasteiger partial charge in [-0.3, -0.25) is 0 Å². The molecule has 0 bridgehead atoms. The van der Waals surface area contributed by atoms with E-state index in [9.17, 15) is 14.4 Å². The summed E-state index contributed by atoms with van der Waals surface area (Å²) in [4.78, 5) is 19.2. The Hall–Kier alpha value is 0.810. The maximum Gasteiger partial charge on any atom is 0.0641 e. The average Bonchev–Trinajstić information content (AvgIpc) is 1.59. The molecule has 61 valence electrons. The summed E-state index contributed by atoms with van der Waals surface area (Å²) in [5.74, 6) is 0. The van der Waals surface area contributed by atoms with Crippen molar-refractivity contribution >= 4 is 7.82 Å². The van der Waals surface area contributed by atoms with Crippen molar-refractivity contribution in [3.8, 4) is 0 Å². The fourth-order valence-corrected chi connectivity index (χ4v) is 0.494. The van der Waals surface area contributed by atoms with Gasteiger partial charge in [-0.15, -0.1) is 0 Å². The topological polar surface area (TPSA) is 98.4 Å². The third-order valence-corrected chi connectivity index (χ3v) is 0.866. The first-order valence-electron chi connectivity index (χ1n) is 1.93. The van der Waals surface area contributed by atoms with E-state index >= 15 is 0 Å². The van der Waals surface area contributed by atoms with Crippen LogP contribution in [0.1, 0.15) is 0 Å². The summed E-state index contributed by atoms with van der Waals surface area (Å²) in [6, 6.07) is 0. The molecule has 0 atom stereocenters. The zero-order valence-corrected chi connectivity index (χ0v) is 6.75. The minimum Gasteiger partial charge on any atom is -0.790 e. The van der Waals surface area contributed by atoms with Crippen LogP contribution in [0, 0.1) is 0 Å².